The highest BCUT2D eigenvalue weighted by molar-refractivity contribution is 7.26. The molecule has 30 heteroatoms. The van der Waals surface area contributed by atoms with Crippen LogP contribution in [0.4, 0.5) is 0 Å². The van der Waals surface area contributed by atoms with Gasteiger partial charge in [0.2, 0.25) is 5.71 Å². The van der Waals surface area contributed by atoms with Gasteiger partial charge in [-0.25, -0.2) is 105 Å². The molecular formula is C94H56N24O3S3. The van der Waals surface area contributed by atoms with Crippen LogP contribution in [-0.4, -0.2) is 120 Å². The number of rotatable bonds is 0. The van der Waals surface area contributed by atoms with Gasteiger partial charge < -0.3 is 13.3 Å². The Morgan fingerprint density at radius 1 is 0.185 bits per heavy atom. The molecule has 124 heavy (non-hydrogen) atoms. The molecule has 21 aromatic heterocycles. The molecule has 0 unspecified atom stereocenters. The van der Waals surface area contributed by atoms with Crippen LogP contribution in [0.2, 0.25) is 0 Å². The number of hydrogen-bond donors (Lipinski definition) is 0. The topological polar surface area (TPSA) is 349 Å². The molecule has 0 spiro atoms. The summed E-state index contributed by atoms with van der Waals surface area (Å²) in [4.78, 5) is 99.7. The van der Waals surface area contributed by atoms with E-state index in [0.717, 1.165) is 155 Å². The average Bonchev–Trinajstić information content (AvgIpc) is 1.32. The van der Waals surface area contributed by atoms with Crippen molar-refractivity contribution in [1.29, 1.82) is 0 Å². The summed E-state index contributed by atoms with van der Waals surface area (Å²) in [5.74, 6) is 0. The fraction of sp³-hybridized carbons (Fsp3) is 0. The van der Waals surface area contributed by atoms with Crippen LogP contribution in [0.15, 0.2) is 358 Å². The molecule has 0 atom stereocenters. The first-order valence-electron chi connectivity index (χ1n) is 38.3. The Morgan fingerprint density at radius 2 is 0.605 bits per heavy atom. The van der Waals surface area contributed by atoms with E-state index < -0.39 is 0 Å². The molecule has 28 aromatic rings. The summed E-state index contributed by atoms with van der Waals surface area (Å²) < 4.78 is 22.2. The highest BCUT2D eigenvalue weighted by Crippen LogP contribution is 2.37. The zero-order valence-electron chi connectivity index (χ0n) is 64.5. The van der Waals surface area contributed by atoms with E-state index in [0.29, 0.717) is 16.9 Å². The van der Waals surface area contributed by atoms with Gasteiger partial charge in [-0.3, -0.25) is 15.0 Å². The monoisotopic (exact) mass is 1660 g/mol. The normalized spacial score (nSPS) is 11.1. The lowest BCUT2D eigenvalue weighted by Crippen LogP contribution is -1.86. The first-order chi connectivity index (χ1) is 61.5. The number of thiophene rings is 3. The second kappa shape index (κ2) is 34.9. The fourth-order valence-corrected chi connectivity index (χ4v) is 17.2. The van der Waals surface area contributed by atoms with Gasteiger partial charge in [-0.05, 0) is 76.1 Å². The number of furan rings is 3. The maximum atomic E-state index is 5.53. The molecule has 0 radical (unpaired) electrons. The molecule has 21 heterocycles. The van der Waals surface area contributed by atoms with Crippen LogP contribution >= 0.6 is 34.0 Å². The molecule has 0 aliphatic heterocycles. The van der Waals surface area contributed by atoms with Crippen LogP contribution in [0, 0.1) is 0 Å². The summed E-state index contributed by atoms with van der Waals surface area (Å²) in [6, 6.07) is 60.8. The number of aromatic nitrogens is 24. The molecule has 27 nitrogen and oxygen atoms in total. The summed E-state index contributed by atoms with van der Waals surface area (Å²) in [6.45, 7) is 0. The third-order valence-electron chi connectivity index (χ3n) is 19.7. The molecule has 0 aliphatic carbocycles. The van der Waals surface area contributed by atoms with Gasteiger partial charge in [0.1, 0.15) is 89.4 Å². The van der Waals surface area contributed by atoms with Crippen molar-refractivity contribution in [3.63, 3.8) is 0 Å². The van der Waals surface area contributed by atoms with Crippen molar-refractivity contribution in [3.05, 3.63) is 344 Å². The van der Waals surface area contributed by atoms with Gasteiger partial charge in [0.25, 0.3) is 0 Å². The number of nitrogens with zero attached hydrogens (tertiary/aromatic N) is 24. The van der Waals surface area contributed by atoms with Crippen molar-refractivity contribution in [2.75, 3.05) is 0 Å². The number of pyridine rings is 6. The van der Waals surface area contributed by atoms with Gasteiger partial charge in [-0.1, -0.05) is 127 Å². The van der Waals surface area contributed by atoms with Crippen molar-refractivity contribution < 1.29 is 13.3 Å². The second-order valence-electron chi connectivity index (χ2n) is 27.1. The molecule has 0 amide bonds. The molecule has 7 aromatic carbocycles. The average molecular weight is 1670 g/mol. The largest absolute Gasteiger partial charge is 0.453 e. The highest BCUT2D eigenvalue weighted by atomic mass is 32.1. The van der Waals surface area contributed by atoms with Crippen molar-refractivity contribution in [2.24, 2.45) is 0 Å². The molecule has 0 fully saturated rings. The Balaban J connectivity index is 0.0000000885. The molecule has 0 N–H and O–H groups in total. The van der Waals surface area contributed by atoms with Gasteiger partial charge in [0.15, 0.2) is 28.0 Å². The predicted octanol–water partition coefficient (Wildman–Crippen LogP) is 21.5. The van der Waals surface area contributed by atoms with Crippen molar-refractivity contribution >= 4 is 237 Å². The van der Waals surface area contributed by atoms with E-state index in [2.05, 4.69) is 186 Å². The van der Waals surface area contributed by atoms with Crippen LogP contribution in [0.3, 0.4) is 0 Å². The maximum absolute atomic E-state index is 5.53. The second-order valence-corrected chi connectivity index (χ2v) is 30.3. The van der Waals surface area contributed by atoms with E-state index in [1.54, 1.807) is 128 Å². The highest BCUT2D eigenvalue weighted by Gasteiger charge is 2.14. The maximum Gasteiger partial charge on any atom is 0.229 e. The Bertz CT molecular complexity index is 7150. The Hall–Kier alpha value is -17.0. The number of fused-ring (bicyclic) bond motifs is 30. The smallest absolute Gasteiger partial charge is 0.229 e. The number of hydrogen-bond acceptors (Lipinski definition) is 30. The Morgan fingerprint density at radius 3 is 1.31 bits per heavy atom. The first-order valence-corrected chi connectivity index (χ1v) is 40.7. The van der Waals surface area contributed by atoms with E-state index in [9.17, 15) is 0 Å². The Kier molecular flexibility index (Phi) is 21.3. The van der Waals surface area contributed by atoms with Crippen molar-refractivity contribution in [1.82, 2.24) is 120 Å². The number of para-hydroxylation sites is 1. The first kappa shape index (κ1) is 75.8. The predicted molar refractivity (Wildman–Crippen MR) is 488 cm³/mol. The van der Waals surface area contributed by atoms with E-state index in [1.807, 2.05) is 159 Å². The molecule has 0 saturated carbocycles. The van der Waals surface area contributed by atoms with Gasteiger partial charge in [0, 0.05) is 138 Å². The van der Waals surface area contributed by atoms with Gasteiger partial charge in [-0.2, -0.15) is 0 Å². The fourth-order valence-electron chi connectivity index (χ4n) is 14.2. The molecule has 0 aliphatic rings. The molecular weight excluding hydrogens is 1610 g/mol. The summed E-state index contributed by atoms with van der Waals surface area (Å²) in [5, 5.41) is 18.0. The molecule has 588 valence electrons. The SMILES string of the molecule is c1cc2c(cn1)oc1cncnc12.c1cc2c(cn1)sc1cncnc12.c1ccc2c(c1)c1ccccc1c1ncncc21.c1ccc2c(c1)cnc1cncnc12.c1ccc2c(c1)cnc1ncncc12.c1ccc2c(c1)oc1cncnc12.c1ccc2c(c1)sc1cncnc12.c1cnc2oc3cncnc3c2c1.c1cnc2sc3cncnc3c2c1. The zero-order valence-corrected chi connectivity index (χ0v) is 67.0. The van der Waals surface area contributed by atoms with Gasteiger partial charge in [0.05, 0.1) is 82.8 Å². The zero-order chi connectivity index (χ0) is 82.8. The molecule has 28 rings (SSSR count). The minimum Gasteiger partial charge on any atom is -0.453 e. The third-order valence-corrected chi connectivity index (χ3v) is 22.9. The van der Waals surface area contributed by atoms with Crippen molar-refractivity contribution in [2.45, 2.75) is 0 Å². The minimum atomic E-state index is 0.609. The lowest BCUT2D eigenvalue weighted by molar-refractivity contribution is 0.651. The molecule has 0 bridgehead atoms. The van der Waals surface area contributed by atoms with E-state index >= 15 is 0 Å². The molecule has 0 saturated heterocycles. The summed E-state index contributed by atoms with van der Waals surface area (Å²) >= 11 is 5.04. The van der Waals surface area contributed by atoms with Crippen LogP contribution in [-0.2, 0) is 0 Å². The van der Waals surface area contributed by atoms with Crippen LogP contribution < -0.4 is 0 Å². The van der Waals surface area contributed by atoms with E-state index in [4.69, 9.17) is 13.3 Å². The standard InChI is InChI=1S/C16H10N2.2C11H7N3.C10H6N2O.C10H6N2S.2C9H5N3O.2C9H5N3S/c1-2-7-13-11(5-1)12-6-3-4-8-14(12)16-15(13)9-17-10-18-16;1-2-4-9-8(3-1)5-13-10-6-12-7-14-11(9)10;1-2-4-9-8(3-1)5-13-11-10(9)6-12-7-14-11;2*1-2-4-8-7(3-1)10-9(13-8)5-11-6-12-10;1-2-10-3-7-6(1)9-8(13-7)4-11-5-12-9;1-2-6-8-7(4-10-5-12-8)13-9(6)11-3-1;1-2-10-3-7-6(1)9-8(13-7)4-11-5-12-9;1-2-6-8-7(4-10-5-12-8)13-9(6)11-3-1/h1-10H;2*1-7H;2*1-6H;4*1-5H. The van der Waals surface area contributed by atoms with E-state index in [-0.39, 0.29) is 0 Å². The third kappa shape index (κ3) is 15.6. The van der Waals surface area contributed by atoms with Crippen molar-refractivity contribution in [3.8, 4) is 0 Å². The van der Waals surface area contributed by atoms with Gasteiger partial charge >= 0.3 is 0 Å². The minimum absolute atomic E-state index is 0.609. The van der Waals surface area contributed by atoms with Crippen LogP contribution in [0.1, 0.15) is 0 Å². The van der Waals surface area contributed by atoms with Crippen LogP contribution in [0.5, 0.6) is 0 Å². The summed E-state index contributed by atoms with van der Waals surface area (Å²) in [5.41, 5.74) is 13.5. The van der Waals surface area contributed by atoms with Gasteiger partial charge in [-0.15, -0.1) is 34.0 Å². The lowest BCUT2D eigenvalue weighted by Gasteiger charge is -2.08. The Labute approximate surface area is 709 Å². The van der Waals surface area contributed by atoms with E-state index in [1.165, 1.54) is 56.9 Å². The number of benzene rings is 7. The summed E-state index contributed by atoms with van der Waals surface area (Å²) in [7, 11) is 0. The summed E-state index contributed by atoms with van der Waals surface area (Å²) in [6.07, 6.45) is 44.2. The van der Waals surface area contributed by atoms with Crippen LogP contribution in [0.25, 0.3) is 203 Å². The quantitative estimate of drug-likeness (QED) is 0.127. The lowest BCUT2D eigenvalue weighted by atomic mass is 9.98.